The first-order chi connectivity index (χ1) is 44.7. The molecule has 5 rings (SSSR count). The molecule has 0 radical (unpaired) electrons. The second kappa shape index (κ2) is 41.6. The molecule has 0 spiro atoms. The summed E-state index contributed by atoms with van der Waals surface area (Å²) in [6.45, 7) is 5.91. The number of fused-ring (bicyclic) bond motifs is 1. The lowest BCUT2D eigenvalue weighted by molar-refractivity contribution is -0.139. The number of hydrogen-bond donors (Lipinski definition) is 8. The predicted octanol–water partition coefficient (Wildman–Crippen LogP) is 7.19. The molecule has 22 nitrogen and oxygen atoms in total. The van der Waals surface area contributed by atoms with Gasteiger partial charge in [0.05, 0.1) is 66.4 Å². The molecule has 4 atom stereocenters. The van der Waals surface area contributed by atoms with E-state index in [9.17, 15) is 65.4 Å². The Morgan fingerprint density at radius 2 is 1.20 bits per heavy atom. The first kappa shape index (κ1) is 75.7. The van der Waals surface area contributed by atoms with Crippen LogP contribution in [-0.2, 0) is 65.4 Å². The number of nitrogens with one attached hydrogen (secondary N) is 7. The second-order valence-electron chi connectivity index (χ2n) is 22.8. The number of carbonyl (C=O) groups is 8. The van der Waals surface area contributed by atoms with Crippen molar-refractivity contribution in [3.63, 3.8) is 0 Å². The van der Waals surface area contributed by atoms with Crippen molar-refractivity contribution in [3.8, 4) is 11.5 Å². The normalized spacial score (nSPS) is 15.0. The molecule has 27 heteroatoms. The molecule has 512 valence electrons. The molecule has 0 aliphatic heterocycles. The Hall–Kier alpha value is -8.01. The number of methoxy groups -OCH3 is 1. The SMILES string of the molecule is CCC[C@H](C)NC(=O)N[C@@H](CCCCNC(=O)[C@H](Cc1ccc2ccccc2c1)NC(=O)C1CCC(CNC(=O)CC(CC(=O)Oc2c(F)c(F)c(F)c(F)c2F)NC(=O)CCOCCOCCOCCOCCNC(=O)CCCc2ccc(OC)cc2)CC1)C(=O)O. The third kappa shape index (κ3) is 28.0. The van der Waals surface area contributed by atoms with Crippen molar-refractivity contribution in [1.82, 2.24) is 37.2 Å². The van der Waals surface area contributed by atoms with Crippen LogP contribution in [0.5, 0.6) is 11.5 Å². The van der Waals surface area contributed by atoms with Crippen molar-refractivity contribution in [2.24, 2.45) is 11.8 Å². The van der Waals surface area contributed by atoms with E-state index in [1.54, 1.807) is 7.11 Å². The van der Waals surface area contributed by atoms with Crippen molar-refractivity contribution in [2.75, 3.05) is 79.6 Å². The highest BCUT2D eigenvalue weighted by molar-refractivity contribution is 5.89. The molecule has 0 aromatic heterocycles. The number of halogens is 5. The summed E-state index contributed by atoms with van der Waals surface area (Å²) in [5.41, 5.74) is 1.92. The standard InChI is InChI=1S/C66H88F5N7O15/c1-4-10-42(2)75-66(87)78-51(65(85)86)14-7-8-27-73-64(84)52(38-45-18-21-46-12-5-6-13-48(46)37-45)77-63(83)47-22-16-44(17-23-47)41-74-55(81)39-49(40-56(82)93-62-60(70)58(68)57(67)59(69)61(62)71)76-54(80)26-29-89-31-33-91-35-36-92-34-32-90-30-28-72-53(79)15-9-11-43-19-24-50(88-3)25-20-43/h5-6,12-13,18-21,24-25,37,42,44,47,49,51-52H,4,7-11,14-17,22-23,26-36,38-41H2,1-3H3,(H,72,79)(H,73,84)(H,74,81)(H,76,80)(H,77,83)(H,85,86)(H2,75,78,87)/t42-,44?,47?,49?,51-,52-/m0/s1. The van der Waals surface area contributed by atoms with Gasteiger partial charge in [-0.1, -0.05) is 67.9 Å². The number of rotatable bonds is 43. The molecule has 7 amide bonds. The molecular weight excluding hydrogens is 1230 g/mol. The van der Waals surface area contributed by atoms with Crippen LogP contribution in [0.15, 0.2) is 66.7 Å². The van der Waals surface area contributed by atoms with E-state index in [2.05, 4.69) is 42.0 Å². The van der Waals surface area contributed by atoms with Crippen LogP contribution in [0.2, 0.25) is 0 Å². The van der Waals surface area contributed by atoms with E-state index in [1.807, 2.05) is 80.6 Å². The van der Waals surface area contributed by atoms with Gasteiger partial charge in [-0.05, 0) is 111 Å². The molecule has 8 N–H and O–H groups in total. The Morgan fingerprint density at radius 3 is 1.85 bits per heavy atom. The van der Waals surface area contributed by atoms with Crippen LogP contribution >= 0.6 is 0 Å². The third-order valence-electron chi connectivity index (χ3n) is 15.4. The van der Waals surface area contributed by atoms with Gasteiger partial charge in [0.2, 0.25) is 64.4 Å². The zero-order valence-corrected chi connectivity index (χ0v) is 53.0. The van der Waals surface area contributed by atoms with Crippen LogP contribution < -0.4 is 46.7 Å². The van der Waals surface area contributed by atoms with Gasteiger partial charge in [-0.25, -0.2) is 22.8 Å². The average Bonchev–Trinajstić information content (AvgIpc) is 0.851. The van der Waals surface area contributed by atoms with Gasteiger partial charge >= 0.3 is 18.0 Å². The largest absolute Gasteiger partial charge is 0.497 e. The number of carboxylic acid groups (broad SMARTS) is 1. The lowest BCUT2D eigenvalue weighted by Crippen LogP contribution is -2.50. The molecule has 93 heavy (non-hydrogen) atoms. The molecule has 4 aromatic rings. The molecule has 1 unspecified atom stereocenters. The highest BCUT2D eigenvalue weighted by Crippen LogP contribution is 2.31. The van der Waals surface area contributed by atoms with E-state index in [1.165, 1.54) is 0 Å². The quantitative estimate of drug-likeness (QED) is 0.00543. The summed E-state index contributed by atoms with van der Waals surface area (Å²) in [7, 11) is 1.61. The fraction of sp³-hybridized carbons (Fsp3) is 0.545. The minimum Gasteiger partial charge on any atom is -0.497 e. The molecule has 4 aromatic carbocycles. The molecule has 1 aliphatic rings. The van der Waals surface area contributed by atoms with Crippen molar-refractivity contribution in [3.05, 3.63) is 107 Å². The maximum Gasteiger partial charge on any atom is 0.326 e. The van der Waals surface area contributed by atoms with Crippen molar-refractivity contribution >= 4 is 58.3 Å². The number of aliphatic carboxylic acids is 1. The van der Waals surface area contributed by atoms with Gasteiger partial charge in [0, 0.05) is 63.3 Å². The first-order valence-corrected chi connectivity index (χ1v) is 31.6. The van der Waals surface area contributed by atoms with Gasteiger partial charge in [0.1, 0.15) is 17.8 Å². The lowest BCUT2D eigenvalue weighted by atomic mass is 9.81. The zero-order chi connectivity index (χ0) is 67.5. The van der Waals surface area contributed by atoms with Crippen LogP contribution in [0.3, 0.4) is 0 Å². The number of amides is 7. The van der Waals surface area contributed by atoms with Crippen LogP contribution in [0.25, 0.3) is 10.8 Å². The van der Waals surface area contributed by atoms with Crippen molar-refractivity contribution < 1.29 is 93.8 Å². The van der Waals surface area contributed by atoms with E-state index in [-0.39, 0.29) is 89.2 Å². The molecule has 0 bridgehead atoms. The lowest BCUT2D eigenvalue weighted by Gasteiger charge is -2.29. The van der Waals surface area contributed by atoms with Gasteiger partial charge in [0.25, 0.3) is 0 Å². The smallest absolute Gasteiger partial charge is 0.326 e. The Bertz CT molecular complexity index is 3020. The fourth-order valence-electron chi connectivity index (χ4n) is 10.3. The summed E-state index contributed by atoms with van der Waals surface area (Å²) >= 11 is 0. The summed E-state index contributed by atoms with van der Waals surface area (Å²) in [5, 5.41) is 30.7. The second-order valence-corrected chi connectivity index (χ2v) is 22.8. The van der Waals surface area contributed by atoms with Gasteiger partial charge < -0.3 is 70.7 Å². The summed E-state index contributed by atoms with van der Waals surface area (Å²) in [5.74, 6) is -18.6. The number of ether oxygens (including phenoxy) is 6. The fourth-order valence-corrected chi connectivity index (χ4v) is 10.3. The minimum absolute atomic E-state index is 0.0596. The Labute approximate surface area is 538 Å². The Morgan fingerprint density at radius 1 is 0.581 bits per heavy atom. The van der Waals surface area contributed by atoms with Crippen LogP contribution in [0.4, 0.5) is 26.7 Å². The van der Waals surface area contributed by atoms with Gasteiger partial charge in [0.15, 0.2) is 0 Å². The number of carboxylic acids is 1. The number of benzene rings is 4. The monoisotopic (exact) mass is 1310 g/mol. The maximum atomic E-state index is 14.5. The van der Waals surface area contributed by atoms with E-state index in [4.69, 9.17) is 23.7 Å². The number of esters is 1. The van der Waals surface area contributed by atoms with Gasteiger partial charge in [-0.2, -0.15) is 8.78 Å². The van der Waals surface area contributed by atoms with Gasteiger partial charge in [-0.3, -0.25) is 28.8 Å². The van der Waals surface area contributed by atoms with Gasteiger partial charge in [-0.15, -0.1) is 0 Å². The molecular formula is C66H88F5N7O15. The zero-order valence-electron chi connectivity index (χ0n) is 53.0. The molecule has 0 saturated heterocycles. The van der Waals surface area contributed by atoms with Crippen LogP contribution in [0, 0.1) is 40.9 Å². The van der Waals surface area contributed by atoms with Crippen LogP contribution in [0.1, 0.15) is 115 Å². The number of aryl methyl sites for hydroxylation is 1. The highest BCUT2D eigenvalue weighted by atomic mass is 19.2. The van der Waals surface area contributed by atoms with Crippen molar-refractivity contribution in [1.29, 1.82) is 0 Å². The molecule has 1 aliphatic carbocycles. The van der Waals surface area contributed by atoms with E-state index >= 15 is 0 Å². The molecule has 1 fully saturated rings. The number of unbranched alkanes of at least 4 members (excludes halogenated alkanes) is 1. The summed E-state index contributed by atoms with van der Waals surface area (Å²) in [6, 6.07) is 16.9. The van der Waals surface area contributed by atoms with E-state index in [0.717, 1.165) is 46.9 Å². The molecule has 1 saturated carbocycles. The predicted molar refractivity (Wildman–Crippen MR) is 332 cm³/mol. The Balaban J connectivity index is 1.02. The summed E-state index contributed by atoms with van der Waals surface area (Å²) in [4.78, 5) is 104. The minimum atomic E-state index is -2.47. The number of urea groups is 1. The summed E-state index contributed by atoms with van der Waals surface area (Å²) < 4.78 is 102. The molecule has 0 heterocycles. The van der Waals surface area contributed by atoms with Crippen molar-refractivity contribution in [2.45, 2.75) is 141 Å². The number of hydrogen-bond acceptors (Lipinski definition) is 14. The van der Waals surface area contributed by atoms with E-state index < -0.39 is 107 Å². The average molecular weight is 1310 g/mol. The summed E-state index contributed by atoms with van der Waals surface area (Å²) in [6.07, 6.45) is 4.44. The highest BCUT2D eigenvalue weighted by Gasteiger charge is 2.33. The van der Waals surface area contributed by atoms with E-state index in [0.29, 0.717) is 77.7 Å². The topological polar surface area (TPSA) is 296 Å². The first-order valence-electron chi connectivity index (χ1n) is 31.6. The third-order valence-corrected chi connectivity index (χ3v) is 15.4. The Kier molecular flexibility index (Phi) is 33.8. The maximum absolute atomic E-state index is 14.5. The van der Waals surface area contributed by atoms with Crippen LogP contribution in [-0.4, -0.2) is 156 Å². The number of carbonyl (C=O) groups excluding carboxylic acids is 7.